The smallest absolute Gasteiger partial charge is 0.127 e. The molecule has 1 nitrogen and oxygen atoms in total. The van der Waals surface area contributed by atoms with Crippen LogP contribution in [0.3, 0.4) is 0 Å². The lowest BCUT2D eigenvalue weighted by Gasteiger charge is -2.31. The number of alkyl halides is 1. The van der Waals surface area contributed by atoms with Gasteiger partial charge in [0.2, 0.25) is 0 Å². The van der Waals surface area contributed by atoms with E-state index in [1.807, 2.05) is 13.8 Å². The third-order valence-corrected chi connectivity index (χ3v) is 2.99. The van der Waals surface area contributed by atoms with Gasteiger partial charge < -0.3 is 4.79 Å². The molecule has 0 amide bonds. The van der Waals surface area contributed by atoms with Crippen molar-refractivity contribution in [3.8, 4) is 0 Å². The van der Waals surface area contributed by atoms with Crippen molar-refractivity contribution in [2.75, 3.05) is 0 Å². The molecule has 0 heterocycles. The minimum atomic E-state index is -0.333. The highest BCUT2D eigenvalue weighted by Gasteiger charge is 2.34. The molecule has 0 unspecified atom stereocenters. The minimum Gasteiger partial charge on any atom is -0.303 e. The van der Waals surface area contributed by atoms with E-state index in [-0.39, 0.29) is 10.8 Å². The largest absolute Gasteiger partial charge is 0.303 e. The van der Waals surface area contributed by atoms with E-state index >= 15 is 0 Å². The zero-order valence-corrected chi connectivity index (χ0v) is 7.69. The Morgan fingerprint density at radius 2 is 2.45 bits per heavy atom. The van der Waals surface area contributed by atoms with Gasteiger partial charge in [0.25, 0.3) is 0 Å². The first-order chi connectivity index (χ1) is 5.08. The quantitative estimate of drug-likeness (QED) is 0.338. The monoisotopic (exact) mass is 172 g/mol. The first kappa shape index (κ1) is 8.79. The Hall–Kier alpha value is -0.300. The van der Waals surface area contributed by atoms with Crippen molar-refractivity contribution in [3.63, 3.8) is 0 Å². The van der Waals surface area contributed by atoms with E-state index in [0.29, 0.717) is 0 Å². The summed E-state index contributed by atoms with van der Waals surface area (Å²) in [6.45, 7) is 3.97. The van der Waals surface area contributed by atoms with Crippen molar-refractivity contribution in [3.05, 3.63) is 11.6 Å². The lowest BCUT2D eigenvalue weighted by atomic mass is 9.77. The molecule has 0 aromatic rings. The number of hydrogen-bond acceptors (Lipinski definition) is 1. The molecular formula is C9H13ClO. The molecule has 2 heteroatoms. The zero-order valence-electron chi connectivity index (χ0n) is 6.93. The number of allylic oxidation sites excluding steroid dienone is 2. The van der Waals surface area contributed by atoms with Crippen LogP contribution in [0.25, 0.3) is 0 Å². The molecule has 0 spiro atoms. The molecule has 62 valence electrons. The van der Waals surface area contributed by atoms with Crippen molar-refractivity contribution in [1.29, 1.82) is 0 Å². The number of carbonyl (C=O) groups excluding carboxylic acids is 1. The maximum atomic E-state index is 10.7. The molecule has 0 aliphatic heterocycles. The predicted octanol–water partition coefficient (Wildman–Crippen LogP) is 2.54. The van der Waals surface area contributed by atoms with Gasteiger partial charge in [-0.15, -0.1) is 11.6 Å². The molecule has 1 rings (SSSR count). The van der Waals surface area contributed by atoms with E-state index in [1.54, 1.807) is 0 Å². The molecule has 0 saturated heterocycles. The molecule has 0 bridgehead atoms. The molecule has 0 saturated carbocycles. The number of aldehydes is 1. The Morgan fingerprint density at radius 3 is 2.91 bits per heavy atom. The van der Waals surface area contributed by atoms with Crippen molar-refractivity contribution < 1.29 is 4.79 Å². The Morgan fingerprint density at radius 1 is 1.82 bits per heavy atom. The molecule has 0 fully saturated rings. The van der Waals surface area contributed by atoms with Crippen LogP contribution in [0.1, 0.15) is 26.7 Å². The summed E-state index contributed by atoms with van der Waals surface area (Å²) >= 11 is 6.01. The number of rotatable bonds is 1. The van der Waals surface area contributed by atoms with Crippen molar-refractivity contribution >= 4 is 17.9 Å². The Labute approximate surface area is 72.4 Å². The average molecular weight is 173 g/mol. The lowest BCUT2D eigenvalue weighted by molar-refractivity contribution is -0.115. The zero-order chi connectivity index (χ0) is 8.48. The van der Waals surface area contributed by atoms with Gasteiger partial charge in [-0.05, 0) is 19.8 Å². The lowest BCUT2D eigenvalue weighted by Crippen LogP contribution is -2.32. The second-order valence-corrected chi connectivity index (χ2v) is 4.08. The van der Waals surface area contributed by atoms with Crippen LogP contribution < -0.4 is 0 Å². The van der Waals surface area contributed by atoms with E-state index in [2.05, 4.69) is 6.08 Å². The highest BCUT2D eigenvalue weighted by atomic mass is 35.5. The third kappa shape index (κ3) is 1.64. The molecule has 0 aromatic carbocycles. The fourth-order valence-electron chi connectivity index (χ4n) is 1.47. The van der Waals surface area contributed by atoms with E-state index < -0.39 is 0 Å². The van der Waals surface area contributed by atoms with Gasteiger partial charge in [0.05, 0.1) is 0 Å². The van der Waals surface area contributed by atoms with Gasteiger partial charge in [-0.3, -0.25) is 0 Å². The minimum absolute atomic E-state index is 0.0244. The second-order valence-electron chi connectivity index (χ2n) is 3.55. The van der Waals surface area contributed by atoms with Crippen molar-refractivity contribution in [1.82, 2.24) is 0 Å². The predicted molar refractivity (Wildman–Crippen MR) is 46.8 cm³/mol. The van der Waals surface area contributed by atoms with E-state index in [4.69, 9.17) is 11.6 Å². The summed E-state index contributed by atoms with van der Waals surface area (Å²) in [5.41, 5.74) is 0.942. The second kappa shape index (κ2) is 2.98. The van der Waals surface area contributed by atoms with E-state index in [0.717, 1.165) is 19.1 Å². The van der Waals surface area contributed by atoms with E-state index in [1.165, 1.54) is 5.57 Å². The summed E-state index contributed by atoms with van der Waals surface area (Å²) in [5, 5.41) is -0.0244. The normalized spacial score (nSPS) is 38.1. The molecule has 0 aromatic heterocycles. The van der Waals surface area contributed by atoms with Gasteiger partial charge in [-0.25, -0.2) is 0 Å². The maximum Gasteiger partial charge on any atom is 0.127 e. The summed E-state index contributed by atoms with van der Waals surface area (Å²) in [4.78, 5) is 10.7. The molecule has 2 atom stereocenters. The molecule has 1 aliphatic rings. The van der Waals surface area contributed by atoms with Crippen LogP contribution in [0.4, 0.5) is 0 Å². The maximum absolute atomic E-state index is 10.7. The van der Waals surface area contributed by atoms with Gasteiger partial charge in [0.1, 0.15) is 6.29 Å². The summed E-state index contributed by atoms with van der Waals surface area (Å²) in [5.74, 6) is 0. The molecule has 11 heavy (non-hydrogen) atoms. The van der Waals surface area contributed by atoms with Crippen molar-refractivity contribution in [2.45, 2.75) is 32.1 Å². The van der Waals surface area contributed by atoms with Crippen LogP contribution in [0, 0.1) is 5.41 Å². The van der Waals surface area contributed by atoms with Crippen LogP contribution in [0.15, 0.2) is 11.6 Å². The Balaban J connectivity index is 2.82. The highest BCUT2D eigenvalue weighted by molar-refractivity contribution is 6.22. The first-order valence-corrected chi connectivity index (χ1v) is 4.28. The van der Waals surface area contributed by atoms with Gasteiger partial charge >= 0.3 is 0 Å². The fraction of sp³-hybridized carbons (Fsp3) is 0.667. The summed E-state index contributed by atoms with van der Waals surface area (Å²) in [7, 11) is 0. The summed E-state index contributed by atoms with van der Waals surface area (Å²) in [6, 6.07) is 0. The number of hydrogen-bond donors (Lipinski definition) is 0. The highest BCUT2D eigenvalue weighted by Crippen LogP contribution is 2.37. The Kier molecular flexibility index (Phi) is 2.38. The first-order valence-electron chi connectivity index (χ1n) is 3.84. The van der Waals surface area contributed by atoms with Gasteiger partial charge in [0.15, 0.2) is 0 Å². The van der Waals surface area contributed by atoms with Gasteiger partial charge in [0, 0.05) is 10.8 Å². The SMILES string of the molecule is CC1=CC[C@@H](Cl)[C@@](C)(C=O)C1. The van der Waals surface area contributed by atoms with Gasteiger partial charge in [-0.1, -0.05) is 18.6 Å². The van der Waals surface area contributed by atoms with Crippen LogP contribution in [0.5, 0.6) is 0 Å². The third-order valence-electron chi connectivity index (χ3n) is 2.32. The fourth-order valence-corrected chi connectivity index (χ4v) is 1.69. The van der Waals surface area contributed by atoms with Crippen LogP contribution in [0.2, 0.25) is 0 Å². The van der Waals surface area contributed by atoms with E-state index in [9.17, 15) is 4.79 Å². The van der Waals surface area contributed by atoms with Crippen LogP contribution in [-0.4, -0.2) is 11.7 Å². The average Bonchev–Trinajstić information content (AvgIpc) is 1.98. The topological polar surface area (TPSA) is 17.1 Å². The van der Waals surface area contributed by atoms with Gasteiger partial charge in [-0.2, -0.15) is 0 Å². The number of halogens is 1. The Bertz CT molecular complexity index is 198. The standard InChI is InChI=1S/C9H13ClO/c1-7-3-4-8(10)9(2,5-7)6-11/h3,6,8H,4-5H2,1-2H3/t8-,9-/m1/s1. The summed E-state index contributed by atoms with van der Waals surface area (Å²) in [6.07, 6.45) is 4.73. The van der Waals surface area contributed by atoms with Crippen molar-refractivity contribution in [2.24, 2.45) is 5.41 Å². The van der Waals surface area contributed by atoms with Crippen LogP contribution in [-0.2, 0) is 4.79 Å². The molecule has 0 radical (unpaired) electrons. The molecular weight excluding hydrogens is 160 g/mol. The molecule has 1 aliphatic carbocycles. The van der Waals surface area contributed by atoms with Crippen LogP contribution >= 0.6 is 11.6 Å². The number of carbonyl (C=O) groups is 1. The summed E-state index contributed by atoms with van der Waals surface area (Å²) < 4.78 is 0. The molecule has 0 N–H and O–H groups in total.